The van der Waals surface area contributed by atoms with Gasteiger partial charge in [-0.05, 0) is 41.0 Å². The molecule has 25 heavy (non-hydrogen) atoms. The van der Waals surface area contributed by atoms with Crippen molar-refractivity contribution < 1.29 is 4.79 Å². The van der Waals surface area contributed by atoms with Crippen LogP contribution < -0.4 is 5.32 Å². The van der Waals surface area contributed by atoms with Crippen molar-refractivity contribution in [1.29, 1.82) is 0 Å². The Balaban J connectivity index is 1.52. The first-order valence-corrected chi connectivity index (χ1v) is 8.53. The van der Waals surface area contributed by atoms with Crippen molar-refractivity contribution in [3.63, 3.8) is 0 Å². The summed E-state index contributed by atoms with van der Waals surface area (Å²) in [6.45, 7) is 0.693. The number of benzene rings is 1. The number of carbonyl (C=O) groups is 1. The molecule has 0 saturated heterocycles. The van der Waals surface area contributed by atoms with E-state index >= 15 is 0 Å². The van der Waals surface area contributed by atoms with E-state index in [1.54, 1.807) is 0 Å². The fourth-order valence-corrected chi connectivity index (χ4v) is 3.67. The van der Waals surface area contributed by atoms with E-state index in [2.05, 4.69) is 51.7 Å². The van der Waals surface area contributed by atoms with Crippen LogP contribution in [0.2, 0.25) is 0 Å². The second-order valence-electron chi connectivity index (χ2n) is 6.56. The van der Waals surface area contributed by atoms with Crippen molar-refractivity contribution in [2.45, 2.75) is 12.8 Å². The monoisotopic (exact) mass is 327 g/mol. The molecule has 122 valence electrons. The highest BCUT2D eigenvalue weighted by molar-refractivity contribution is 5.98. The van der Waals surface area contributed by atoms with Gasteiger partial charge in [0.25, 0.3) is 5.91 Å². The summed E-state index contributed by atoms with van der Waals surface area (Å²) in [5, 5.41) is 2.89. The van der Waals surface area contributed by atoms with Gasteiger partial charge in [-0.1, -0.05) is 24.3 Å². The van der Waals surface area contributed by atoms with Crippen LogP contribution in [0.25, 0.3) is 22.9 Å². The first-order valence-electron chi connectivity index (χ1n) is 8.53. The molecule has 1 aromatic carbocycles. The van der Waals surface area contributed by atoms with Gasteiger partial charge < -0.3 is 10.3 Å². The molecule has 1 aliphatic heterocycles. The van der Waals surface area contributed by atoms with E-state index in [9.17, 15) is 4.79 Å². The number of hydrogen-bond donors (Lipinski definition) is 2. The Morgan fingerprint density at radius 3 is 2.88 bits per heavy atom. The summed E-state index contributed by atoms with van der Waals surface area (Å²) >= 11 is 0. The van der Waals surface area contributed by atoms with Gasteiger partial charge in [0.2, 0.25) is 0 Å². The number of amides is 1. The Labute approximate surface area is 145 Å². The summed E-state index contributed by atoms with van der Waals surface area (Å²) in [4.78, 5) is 20.0. The predicted octanol–water partition coefficient (Wildman–Crippen LogP) is 3.46. The summed E-state index contributed by atoms with van der Waals surface area (Å²) < 4.78 is 0. The van der Waals surface area contributed by atoms with Crippen molar-refractivity contribution in [3.05, 3.63) is 76.7 Å². The van der Waals surface area contributed by atoms with Crippen LogP contribution in [0.1, 0.15) is 32.9 Å². The Bertz CT molecular complexity index is 1030. The third-order valence-electron chi connectivity index (χ3n) is 4.97. The molecule has 4 nitrogen and oxygen atoms in total. The van der Waals surface area contributed by atoms with Gasteiger partial charge in [-0.25, -0.2) is 0 Å². The summed E-state index contributed by atoms with van der Waals surface area (Å²) in [5.74, 6) is 0.00646. The molecule has 5 rings (SSSR count). The van der Waals surface area contributed by atoms with E-state index in [1.165, 1.54) is 16.7 Å². The quantitative estimate of drug-likeness (QED) is 0.757. The number of carbonyl (C=O) groups excluding carboxylic acids is 1. The summed E-state index contributed by atoms with van der Waals surface area (Å²) in [6, 6.07) is 14.5. The number of nitrogens with zero attached hydrogens (tertiary/aromatic N) is 1. The molecule has 2 N–H and O–H groups in total. The summed E-state index contributed by atoms with van der Waals surface area (Å²) in [5.41, 5.74) is 8.65. The highest BCUT2D eigenvalue weighted by Gasteiger charge is 2.20. The Morgan fingerprint density at radius 2 is 2.00 bits per heavy atom. The standard InChI is InChI=1S/C21H17N3O/c25-21-17-12-20(24-18(17)6-8-23-21)15-5-7-22-19(11-15)16-9-13-3-1-2-4-14(13)10-16/h1-5,7,9,11-12,24H,6,8,10H2,(H,23,25). The number of rotatable bonds is 2. The Kier molecular flexibility index (Phi) is 3.10. The van der Waals surface area contributed by atoms with Crippen LogP contribution in [-0.4, -0.2) is 22.4 Å². The molecular formula is C21H17N3O. The maximum Gasteiger partial charge on any atom is 0.253 e. The van der Waals surface area contributed by atoms with E-state index in [1.807, 2.05) is 18.3 Å². The topological polar surface area (TPSA) is 57.8 Å². The number of pyridine rings is 1. The molecule has 1 aliphatic carbocycles. The molecule has 2 aliphatic rings. The predicted molar refractivity (Wildman–Crippen MR) is 98.1 cm³/mol. The van der Waals surface area contributed by atoms with E-state index in [0.29, 0.717) is 6.54 Å². The summed E-state index contributed by atoms with van der Waals surface area (Å²) in [7, 11) is 0. The smallest absolute Gasteiger partial charge is 0.253 e. The number of nitrogens with one attached hydrogen (secondary N) is 2. The second-order valence-corrected chi connectivity index (χ2v) is 6.56. The average molecular weight is 327 g/mol. The van der Waals surface area contributed by atoms with Crippen molar-refractivity contribution in [2.24, 2.45) is 0 Å². The van der Waals surface area contributed by atoms with Crippen LogP contribution in [0, 0.1) is 0 Å². The lowest BCUT2D eigenvalue weighted by molar-refractivity contribution is 0.0946. The van der Waals surface area contributed by atoms with Gasteiger partial charge in [-0.2, -0.15) is 0 Å². The molecular weight excluding hydrogens is 310 g/mol. The molecule has 0 bridgehead atoms. The summed E-state index contributed by atoms with van der Waals surface area (Å²) in [6.07, 6.45) is 5.82. The lowest BCUT2D eigenvalue weighted by Crippen LogP contribution is -2.31. The van der Waals surface area contributed by atoms with E-state index in [0.717, 1.165) is 41.1 Å². The van der Waals surface area contributed by atoms with Crippen molar-refractivity contribution in [3.8, 4) is 11.3 Å². The zero-order valence-corrected chi connectivity index (χ0v) is 13.7. The molecule has 0 saturated carbocycles. The third-order valence-corrected chi connectivity index (χ3v) is 4.97. The molecule has 0 unspecified atom stereocenters. The number of allylic oxidation sites excluding steroid dienone is 1. The van der Waals surface area contributed by atoms with Crippen molar-refractivity contribution in [1.82, 2.24) is 15.3 Å². The first-order chi connectivity index (χ1) is 12.3. The van der Waals surface area contributed by atoms with Gasteiger partial charge in [-0.3, -0.25) is 9.78 Å². The first kappa shape index (κ1) is 14.2. The second kappa shape index (κ2) is 5.45. The van der Waals surface area contributed by atoms with Crippen LogP contribution in [-0.2, 0) is 12.8 Å². The number of aromatic amines is 1. The minimum absolute atomic E-state index is 0.00646. The maximum absolute atomic E-state index is 12.0. The number of aromatic nitrogens is 2. The molecule has 3 aromatic rings. The Morgan fingerprint density at radius 1 is 1.08 bits per heavy atom. The fourth-order valence-electron chi connectivity index (χ4n) is 3.67. The highest BCUT2D eigenvalue weighted by atomic mass is 16.1. The number of hydrogen-bond acceptors (Lipinski definition) is 2. The van der Waals surface area contributed by atoms with E-state index in [-0.39, 0.29) is 5.91 Å². The normalized spacial score (nSPS) is 15.4. The molecule has 4 heteroatoms. The minimum atomic E-state index is 0.00646. The SMILES string of the molecule is O=C1NCCc2[nH]c(-c3ccnc(C4=Cc5ccccc5C4)c3)cc21. The molecule has 2 aromatic heterocycles. The Hall–Kier alpha value is -3.14. The van der Waals surface area contributed by atoms with Crippen LogP contribution in [0.4, 0.5) is 0 Å². The maximum atomic E-state index is 12.0. The number of fused-ring (bicyclic) bond motifs is 2. The van der Waals surface area contributed by atoms with Crippen LogP contribution >= 0.6 is 0 Å². The molecule has 0 spiro atoms. The fraction of sp³-hybridized carbons (Fsp3) is 0.143. The molecule has 1 amide bonds. The van der Waals surface area contributed by atoms with Crippen molar-refractivity contribution in [2.75, 3.05) is 6.54 Å². The zero-order chi connectivity index (χ0) is 16.8. The van der Waals surface area contributed by atoms with Gasteiger partial charge in [0.1, 0.15) is 0 Å². The zero-order valence-electron chi connectivity index (χ0n) is 13.7. The third kappa shape index (κ3) is 2.38. The number of H-pyrrole nitrogens is 1. The van der Waals surface area contributed by atoms with Crippen LogP contribution in [0.15, 0.2) is 48.7 Å². The molecule has 0 atom stereocenters. The van der Waals surface area contributed by atoms with Gasteiger partial charge in [0, 0.05) is 42.5 Å². The van der Waals surface area contributed by atoms with Gasteiger partial charge >= 0.3 is 0 Å². The van der Waals surface area contributed by atoms with Gasteiger partial charge in [0.15, 0.2) is 0 Å². The van der Waals surface area contributed by atoms with Crippen molar-refractivity contribution >= 4 is 17.6 Å². The van der Waals surface area contributed by atoms with Crippen LogP contribution in [0.5, 0.6) is 0 Å². The van der Waals surface area contributed by atoms with Crippen LogP contribution in [0.3, 0.4) is 0 Å². The van der Waals surface area contributed by atoms with Gasteiger partial charge in [-0.15, -0.1) is 0 Å². The van der Waals surface area contributed by atoms with E-state index in [4.69, 9.17) is 0 Å². The molecule has 0 radical (unpaired) electrons. The average Bonchev–Trinajstić information content (AvgIpc) is 3.27. The largest absolute Gasteiger partial charge is 0.358 e. The molecule has 0 fully saturated rings. The van der Waals surface area contributed by atoms with Gasteiger partial charge in [0.05, 0.1) is 11.3 Å². The lowest BCUT2D eigenvalue weighted by atomic mass is 10.1. The minimum Gasteiger partial charge on any atom is -0.358 e. The highest BCUT2D eigenvalue weighted by Crippen LogP contribution is 2.32. The molecule has 3 heterocycles. The van der Waals surface area contributed by atoms with E-state index < -0.39 is 0 Å². The lowest BCUT2D eigenvalue weighted by Gasteiger charge is -2.11.